The van der Waals surface area contributed by atoms with Crippen LogP contribution >= 0.6 is 0 Å². The van der Waals surface area contributed by atoms with Gasteiger partial charge in [-0.15, -0.1) is 0 Å². The van der Waals surface area contributed by atoms with Gasteiger partial charge in [-0.25, -0.2) is 13.2 Å². The second kappa shape index (κ2) is 6.90. The molecule has 0 spiro atoms. The Bertz CT molecular complexity index is 831. The van der Waals surface area contributed by atoms with Crippen LogP contribution in [0.1, 0.15) is 5.56 Å². The highest BCUT2D eigenvalue weighted by Gasteiger charge is 2.24. The Hall–Kier alpha value is -2.23. The van der Waals surface area contributed by atoms with Crippen LogP contribution in [0.3, 0.4) is 0 Å². The fourth-order valence-electron chi connectivity index (χ4n) is 1.96. The van der Waals surface area contributed by atoms with Crippen LogP contribution in [0.2, 0.25) is 0 Å². The molecule has 1 aromatic heterocycles. The van der Waals surface area contributed by atoms with Crippen LogP contribution < -0.4 is 11.4 Å². The fourth-order valence-corrected chi connectivity index (χ4v) is 3.33. The Morgan fingerprint density at radius 1 is 1.26 bits per heavy atom. The van der Waals surface area contributed by atoms with Gasteiger partial charge >= 0.3 is 5.69 Å². The van der Waals surface area contributed by atoms with E-state index >= 15 is 0 Å². The van der Waals surface area contributed by atoms with Gasteiger partial charge in [0.05, 0.1) is 18.2 Å². The maximum Gasteiger partial charge on any atom is 0.350 e. The van der Waals surface area contributed by atoms with Gasteiger partial charge in [-0.2, -0.15) is 9.29 Å². The van der Waals surface area contributed by atoms with Gasteiger partial charge in [0.25, 0.3) is 0 Å². The maximum atomic E-state index is 12.7. The molecular weight excluding hydrogens is 320 g/mol. The number of aliphatic hydroxyl groups excluding tert-OH is 1. The van der Waals surface area contributed by atoms with Crippen molar-refractivity contribution in [2.45, 2.75) is 18.5 Å². The van der Waals surface area contributed by atoms with Gasteiger partial charge in [0.1, 0.15) is 5.82 Å². The van der Waals surface area contributed by atoms with Crippen molar-refractivity contribution in [3.63, 3.8) is 0 Å². The summed E-state index contributed by atoms with van der Waals surface area (Å²) in [6.07, 6.45) is 1.36. The number of nitrogens with zero attached hydrogens (tertiary/aromatic N) is 3. The molecule has 23 heavy (non-hydrogen) atoms. The lowest BCUT2D eigenvalue weighted by Crippen LogP contribution is -2.39. The molecule has 2 aromatic rings. The molecule has 0 fully saturated rings. The van der Waals surface area contributed by atoms with E-state index in [1.807, 2.05) is 6.92 Å². The molecule has 3 N–H and O–H groups in total. The Morgan fingerprint density at radius 2 is 1.91 bits per heavy atom. The molecule has 1 heterocycles. The molecule has 0 saturated carbocycles. The highest BCUT2D eigenvalue weighted by molar-refractivity contribution is 7.89. The standard InChI is InChI=1S/C14H18N4O4S/c1-11-2-4-12(5-3-11)23(21,22)18(8-9-19)10-17-7-6-13(15)16-14(17)20/h2-7,19H,8-10H2,1H3,(H2,15,16,20). The summed E-state index contributed by atoms with van der Waals surface area (Å²) in [6, 6.07) is 7.73. The molecule has 0 amide bonds. The van der Waals surface area contributed by atoms with Gasteiger partial charge in [0.2, 0.25) is 10.0 Å². The number of rotatable bonds is 6. The van der Waals surface area contributed by atoms with Crippen LogP contribution in [-0.4, -0.2) is 40.5 Å². The van der Waals surface area contributed by atoms with Crippen molar-refractivity contribution in [3.8, 4) is 0 Å². The van der Waals surface area contributed by atoms with Crippen molar-refractivity contribution >= 4 is 15.8 Å². The van der Waals surface area contributed by atoms with E-state index in [0.29, 0.717) is 0 Å². The van der Waals surface area contributed by atoms with E-state index in [9.17, 15) is 13.2 Å². The van der Waals surface area contributed by atoms with Crippen molar-refractivity contribution in [3.05, 3.63) is 52.6 Å². The Morgan fingerprint density at radius 3 is 2.48 bits per heavy atom. The number of aliphatic hydroxyl groups is 1. The van der Waals surface area contributed by atoms with E-state index in [2.05, 4.69) is 4.98 Å². The van der Waals surface area contributed by atoms with Crippen LogP contribution in [0.15, 0.2) is 46.2 Å². The number of aromatic nitrogens is 2. The molecule has 1 aromatic carbocycles. The minimum atomic E-state index is -3.85. The van der Waals surface area contributed by atoms with Crippen molar-refractivity contribution in [1.82, 2.24) is 13.9 Å². The topological polar surface area (TPSA) is 119 Å². The summed E-state index contributed by atoms with van der Waals surface area (Å²) in [5.74, 6) is 0.0568. The van der Waals surface area contributed by atoms with Gasteiger partial charge in [-0.3, -0.25) is 4.57 Å². The summed E-state index contributed by atoms with van der Waals surface area (Å²) in [5, 5.41) is 9.15. The van der Waals surface area contributed by atoms with Gasteiger partial charge in [0.15, 0.2) is 0 Å². The molecule has 0 aliphatic carbocycles. The lowest BCUT2D eigenvalue weighted by Gasteiger charge is -2.22. The predicted molar refractivity (Wildman–Crippen MR) is 85.1 cm³/mol. The first-order valence-corrected chi connectivity index (χ1v) is 8.29. The summed E-state index contributed by atoms with van der Waals surface area (Å²) < 4.78 is 27.5. The second-order valence-corrected chi connectivity index (χ2v) is 6.90. The molecule has 0 aliphatic heterocycles. The minimum absolute atomic E-state index is 0.0568. The normalized spacial score (nSPS) is 11.8. The number of hydrogen-bond donors (Lipinski definition) is 2. The zero-order valence-corrected chi connectivity index (χ0v) is 13.4. The van der Waals surface area contributed by atoms with Crippen LogP contribution in [-0.2, 0) is 16.7 Å². The SMILES string of the molecule is Cc1ccc(S(=O)(=O)N(CCO)Cn2ccc(N)nc2=O)cc1. The third-order valence-electron chi connectivity index (χ3n) is 3.21. The highest BCUT2D eigenvalue weighted by atomic mass is 32.2. The van der Waals surface area contributed by atoms with Gasteiger partial charge in [0, 0.05) is 12.7 Å². The van der Waals surface area contributed by atoms with Gasteiger partial charge < -0.3 is 10.8 Å². The lowest BCUT2D eigenvalue weighted by molar-refractivity contribution is 0.233. The van der Waals surface area contributed by atoms with Gasteiger partial charge in [-0.05, 0) is 25.1 Å². The smallest absolute Gasteiger partial charge is 0.350 e. The average Bonchev–Trinajstić information content (AvgIpc) is 2.49. The van der Waals surface area contributed by atoms with Crippen molar-refractivity contribution in [1.29, 1.82) is 0 Å². The molecule has 124 valence electrons. The Balaban J connectivity index is 2.37. The van der Waals surface area contributed by atoms with E-state index in [-0.39, 0.29) is 30.5 Å². The molecule has 0 aliphatic rings. The summed E-state index contributed by atoms with van der Waals surface area (Å²) in [7, 11) is -3.85. The first kappa shape index (κ1) is 17.1. The largest absolute Gasteiger partial charge is 0.395 e. The second-order valence-electron chi connectivity index (χ2n) is 4.96. The summed E-state index contributed by atoms with van der Waals surface area (Å²) in [4.78, 5) is 15.4. The number of benzene rings is 1. The van der Waals surface area contributed by atoms with Crippen LogP contribution in [0.4, 0.5) is 5.82 Å². The zero-order chi connectivity index (χ0) is 17.0. The zero-order valence-electron chi connectivity index (χ0n) is 12.6. The molecule has 8 nitrogen and oxygen atoms in total. The summed E-state index contributed by atoms with van der Waals surface area (Å²) >= 11 is 0. The maximum absolute atomic E-state index is 12.7. The van der Waals surface area contributed by atoms with Crippen molar-refractivity contribution in [2.24, 2.45) is 0 Å². The molecule has 0 atom stereocenters. The van der Waals surface area contributed by atoms with E-state index in [4.69, 9.17) is 10.8 Å². The third-order valence-corrected chi connectivity index (χ3v) is 5.06. The highest BCUT2D eigenvalue weighted by Crippen LogP contribution is 2.16. The van der Waals surface area contributed by atoms with E-state index in [0.717, 1.165) is 14.4 Å². The van der Waals surface area contributed by atoms with Gasteiger partial charge in [-0.1, -0.05) is 17.7 Å². The Kier molecular flexibility index (Phi) is 5.14. The molecule has 0 radical (unpaired) electrons. The average molecular weight is 338 g/mol. The number of nitrogens with two attached hydrogens (primary N) is 1. The minimum Gasteiger partial charge on any atom is -0.395 e. The lowest BCUT2D eigenvalue weighted by atomic mass is 10.2. The number of aryl methyl sites for hydroxylation is 1. The summed E-state index contributed by atoms with van der Waals surface area (Å²) in [6.45, 7) is 1.07. The number of nitrogen functional groups attached to an aromatic ring is 1. The summed E-state index contributed by atoms with van der Waals surface area (Å²) in [5.41, 5.74) is 5.68. The van der Waals surface area contributed by atoms with E-state index in [1.54, 1.807) is 12.1 Å². The molecule has 2 rings (SSSR count). The van der Waals surface area contributed by atoms with Crippen molar-refractivity contribution in [2.75, 3.05) is 18.9 Å². The van der Waals surface area contributed by atoms with Crippen LogP contribution in [0.5, 0.6) is 0 Å². The Labute approximate surface area is 133 Å². The van der Waals surface area contributed by atoms with Crippen LogP contribution in [0, 0.1) is 6.92 Å². The number of sulfonamides is 1. The molecule has 9 heteroatoms. The predicted octanol–water partition coefficient (Wildman–Crippen LogP) is -0.225. The van der Waals surface area contributed by atoms with Crippen molar-refractivity contribution < 1.29 is 13.5 Å². The fraction of sp³-hybridized carbons (Fsp3) is 0.286. The van der Waals surface area contributed by atoms with E-state index < -0.39 is 15.7 Å². The molecule has 0 bridgehead atoms. The first-order valence-electron chi connectivity index (χ1n) is 6.85. The molecule has 0 unspecified atom stereocenters. The molecular formula is C14H18N4O4S. The third kappa shape index (κ3) is 3.95. The quantitative estimate of drug-likeness (QED) is 0.751. The first-order chi connectivity index (χ1) is 10.8. The van der Waals surface area contributed by atoms with E-state index in [1.165, 1.54) is 24.4 Å². The van der Waals surface area contributed by atoms with Crippen LogP contribution in [0.25, 0.3) is 0 Å². The monoisotopic (exact) mass is 338 g/mol. The number of anilines is 1. The number of hydrogen-bond acceptors (Lipinski definition) is 6. The molecule has 0 saturated heterocycles.